The maximum absolute atomic E-state index is 10.6. The number of nitrogens with one attached hydrogen (secondary N) is 1. The molecule has 6 heteroatoms. The number of hydrogen-bond acceptors (Lipinski definition) is 5. The van der Waals surface area contributed by atoms with E-state index in [1.54, 1.807) is 0 Å². The van der Waals surface area contributed by atoms with Gasteiger partial charge < -0.3 is 19.7 Å². The Morgan fingerprint density at radius 1 is 1.05 bits per heavy atom. The zero-order valence-corrected chi connectivity index (χ0v) is 12.2. The van der Waals surface area contributed by atoms with Crippen molar-refractivity contribution in [1.29, 1.82) is 0 Å². The second kappa shape index (κ2) is 10.1. The third kappa shape index (κ3) is 8.93. The summed E-state index contributed by atoms with van der Waals surface area (Å²) in [5.74, 6) is -0.0213. The highest BCUT2D eigenvalue weighted by atomic mass is 16.5. The van der Waals surface area contributed by atoms with Crippen LogP contribution in [0, 0.1) is 0 Å². The highest BCUT2D eigenvalue weighted by Gasteiger charge is 2.12. The summed E-state index contributed by atoms with van der Waals surface area (Å²) in [7, 11) is 2.16. The first-order chi connectivity index (χ1) is 9.18. The van der Waals surface area contributed by atoms with Crippen molar-refractivity contribution in [1.82, 2.24) is 15.1 Å². The summed E-state index contributed by atoms with van der Waals surface area (Å²) in [6.45, 7) is 10.1. The lowest BCUT2D eigenvalue weighted by Gasteiger charge is -2.32. The largest absolute Gasteiger partial charge is 0.378 e. The number of carbonyl (C=O) groups excluding carboxylic acids is 1. The highest BCUT2D eigenvalue weighted by molar-refractivity contribution is 5.72. The summed E-state index contributed by atoms with van der Waals surface area (Å²) >= 11 is 0. The number of likely N-dealkylation sites (N-methyl/N-ethyl adjacent to an activating group) is 1. The molecule has 1 aliphatic rings. The minimum Gasteiger partial charge on any atom is -0.378 e. The van der Waals surface area contributed by atoms with Gasteiger partial charge in [0.1, 0.15) is 0 Å². The first-order valence-electron chi connectivity index (χ1n) is 6.99. The normalized spacial score (nSPS) is 17.6. The van der Waals surface area contributed by atoms with E-state index in [0.29, 0.717) is 26.4 Å². The molecule has 6 nitrogen and oxygen atoms in total. The standard InChI is InChI=1S/C13H27N3O3/c1-13(17)14-3-9-18-11-12-19-10-8-16-6-4-15(2)5-7-16/h3-12H2,1-2H3,(H,14,17). The van der Waals surface area contributed by atoms with E-state index in [1.165, 1.54) is 6.92 Å². The van der Waals surface area contributed by atoms with Gasteiger partial charge in [0.05, 0.1) is 26.4 Å². The average molecular weight is 273 g/mol. The zero-order chi connectivity index (χ0) is 13.9. The Kier molecular flexibility index (Phi) is 8.73. The molecule has 0 unspecified atom stereocenters. The van der Waals surface area contributed by atoms with E-state index >= 15 is 0 Å². The summed E-state index contributed by atoms with van der Waals surface area (Å²) < 4.78 is 10.9. The molecule has 0 aromatic rings. The third-order valence-electron chi connectivity index (χ3n) is 3.14. The van der Waals surface area contributed by atoms with Crippen LogP contribution in [0.3, 0.4) is 0 Å². The fraction of sp³-hybridized carbons (Fsp3) is 0.923. The predicted molar refractivity (Wildman–Crippen MR) is 74.3 cm³/mol. The number of nitrogens with zero attached hydrogens (tertiary/aromatic N) is 2. The van der Waals surface area contributed by atoms with Crippen molar-refractivity contribution in [2.75, 3.05) is 72.7 Å². The molecule has 0 spiro atoms. The fourth-order valence-corrected chi connectivity index (χ4v) is 1.89. The summed E-state index contributed by atoms with van der Waals surface area (Å²) in [6.07, 6.45) is 0. The summed E-state index contributed by atoms with van der Waals surface area (Å²) in [6, 6.07) is 0. The molecule has 1 heterocycles. The van der Waals surface area contributed by atoms with Gasteiger partial charge in [-0.15, -0.1) is 0 Å². The lowest BCUT2D eigenvalue weighted by atomic mass is 10.3. The van der Waals surface area contributed by atoms with E-state index < -0.39 is 0 Å². The van der Waals surface area contributed by atoms with E-state index in [2.05, 4.69) is 22.2 Å². The van der Waals surface area contributed by atoms with Crippen LogP contribution < -0.4 is 5.32 Å². The maximum atomic E-state index is 10.6. The summed E-state index contributed by atoms with van der Waals surface area (Å²) in [5, 5.41) is 2.68. The molecule has 0 aliphatic carbocycles. The van der Waals surface area contributed by atoms with E-state index in [1.807, 2.05) is 0 Å². The van der Waals surface area contributed by atoms with Crippen LogP contribution in [-0.4, -0.2) is 88.5 Å². The minimum absolute atomic E-state index is 0.0213. The number of carbonyl (C=O) groups is 1. The molecule has 112 valence electrons. The monoisotopic (exact) mass is 273 g/mol. The van der Waals surface area contributed by atoms with Crippen molar-refractivity contribution in [2.24, 2.45) is 0 Å². The van der Waals surface area contributed by atoms with Gasteiger partial charge in [-0.05, 0) is 7.05 Å². The lowest BCUT2D eigenvalue weighted by molar-refractivity contribution is -0.119. The Hall–Kier alpha value is -0.690. The molecule has 0 bridgehead atoms. The molecule has 1 rings (SSSR count). The Morgan fingerprint density at radius 2 is 1.68 bits per heavy atom. The quantitative estimate of drug-likeness (QED) is 0.569. The number of ether oxygens (including phenoxy) is 2. The van der Waals surface area contributed by atoms with E-state index in [4.69, 9.17) is 9.47 Å². The molecule has 0 radical (unpaired) electrons. The number of rotatable bonds is 9. The third-order valence-corrected chi connectivity index (χ3v) is 3.14. The maximum Gasteiger partial charge on any atom is 0.216 e. The SMILES string of the molecule is CC(=O)NCCOCCOCCN1CCN(C)CC1. The predicted octanol–water partition coefficient (Wildman–Crippen LogP) is -0.597. The van der Waals surface area contributed by atoms with Gasteiger partial charge >= 0.3 is 0 Å². The van der Waals surface area contributed by atoms with Gasteiger partial charge in [-0.25, -0.2) is 0 Å². The smallest absolute Gasteiger partial charge is 0.216 e. The lowest BCUT2D eigenvalue weighted by Crippen LogP contribution is -2.45. The average Bonchev–Trinajstić information content (AvgIpc) is 2.38. The number of piperazine rings is 1. The molecule has 0 aromatic carbocycles. The van der Waals surface area contributed by atoms with E-state index in [-0.39, 0.29) is 5.91 Å². The van der Waals surface area contributed by atoms with Gasteiger partial charge in [0, 0.05) is 46.2 Å². The molecule has 0 saturated carbocycles. The Bertz CT molecular complexity index is 243. The van der Waals surface area contributed by atoms with Gasteiger partial charge in [0.25, 0.3) is 0 Å². The van der Waals surface area contributed by atoms with Crippen molar-refractivity contribution >= 4 is 5.91 Å². The molecular formula is C13H27N3O3. The second-order valence-electron chi connectivity index (χ2n) is 4.85. The molecule has 1 amide bonds. The van der Waals surface area contributed by atoms with Crippen LogP contribution in [0.1, 0.15) is 6.92 Å². The molecule has 1 aliphatic heterocycles. The molecule has 19 heavy (non-hydrogen) atoms. The first kappa shape index (κ1) is 16.4. The summed E-state index contributed by atoms with van der Waals surface area (Å²) in [4.78, 5) is 15.4. The second-order valence-corrected chi connectivity index (χ2v) is 4.85. The zero-order valence-electron chi connectivity index (χ0n) is 12.2. The van der Waals surface area contributed by atoms with Gasteiger partial charge in [-0.2, -0.15) is 0 Å². The first-order valence-corrected chi connectivity index (χ1v) is 6.99. The van der Waals surface area contributed by atoms with Crippen molar-refractivity contribution in [3.05, 3.63) is 0 Å². The van der Waals surface area contributed by atoms with Crippen LogP contribution in [0.2, 0.25) is 0 Å². The van der Waals surface area contributed by atoms with Gasteiger partial charge in [-0.3, -0.25) is 9.69 Å². The van der Waals surface area contributed by atoms with Gasteiger partial charge in [0.2, 0.25) is 5.91 Å². The Labute approximate surface area is 116 Å². The van der Waals surface area contributed by atoms with Gasteiger partial charge in [-0.1, -0.05) is 0 Å². The van der Waals surface area contributed by atoms with Crippen LogP contribution in [0.5, 0.6) is 0 Å². The van der Waals surface area contributed by atoms with Crippen molar-refractivity contribution in [3.8, 4) is 0 Å². The van der Waals surface area contributed by atoms with Crippen molar-refractivity contribution in [2.45, 2.75) is 6.92 Å². The van der Waals surface area contributed by atoms with E-state index in [9.17, 15) is 4.79 Å². The molecule has 0 aromatic heterocycles. The topological polar surface area (TPSA) is 54.0 Å². The van der Waals surface area contributed by atoms with Crippen LogP contribution in [-0.2, 0) is 14.3 Å². The van der Waals surface area contributed by atoms with Crippen LogP contribution >= 0.6 is 0 Å². The molecule has 1 saturated heterocycles. The van der Waals surface area contributed by atoms with Crippen LogP contribution in [0.25, 0.3) is 0 Å². The highest BCUT2D eigenvalue weighted by Crippen LogP contribution is 1.98. The molecular weight excluding hydrogens is 246 g/mol. The number of hydrogen-bond donors (Lipinski definition) is 1. The number of amides is 1. The molecule has 1 fully saturated rings. The molecule has 0 atom stereocenters. The van der Waals surface area contributed by atoms with Crippen molar-refractivity contribution in [3.63, 3.8) is 0 Å². The van der Waals surface area contributed by atoms with Crippen LogP contribution in [0.4, 0.5) is 0 Å². The fourth-order valence-electron chi connectivity index (χ4n) is 1.89. The Morgan fingerprint density at radius 3 is 2.32 bits per heavy atom. The minimum atomic E-state index is -0.0213. The van der Waals surface area contributed by atoms with E-state index in [0.717, 1.165) is 39.3 Å². The van der Waals surface area contributed by atoms with Crippen LogP contribution in [0.15, 0.2) is 0 Å². The Balaban J connectivity index is 1.80. The summed E-state index contributed by atoms with van der Waals surface area (Å²) in [5.41, 5.74) is 0. The van der Waals surface area contributed by atoms with Crippen molar-refractivity contribution < 1.29 is 14.3 Å². The molecule has 1 N–H and O–H groups in total. The van der Waals surface area contributed by atoms with Gasteiger partial charge in [0.15, 0.2) is 0 Å².